The van der Waals surface area contributed by atoms with Crippen LogP contribution in [0.4, 0.5) is 0 Å². The first-order chi connectivity index (χ1) is 12.7. The number of hydrogen-bond acceptors (Lipinski definition) is 2. The van der Waals surface area contributed by atoms with Crippen LogP contribution in [-0.4, -0.2) is 38.9 Å². The van der Waals surface area contributed by atoms with Crippen LogP contribution in [0.1, 0.15) is 35.2 Å². The summed E-state index contributed by atoms with van der Waals surface area (Å²) in [6, 6.07) is 11.9. The number of sulfonamides is 1. The first-order valence-electron chi connectivity index (χ1n) is 9.38. The molecule has 4 nitrogen and oxygen atoms in total. The highest BCUT2D eigenvalue weighted by Gasteiger charge is 2.32. The Morgan fingerprint density at radius 2 is 1.59 bits per heavy atom. The summed E-state index contributed by atoms with van der Waals surface area (Å²) in [4.78, 5) is 1.70. The maximum atomic E-state index is 12.9. The molecule has 1 atom stereocenters. The summed E-state index contributed by atoms with van der Waals surface area (Å²) in [6.45, 7) is 11.0. The zero-order valence-electron chi connectivity index (χ0n) is 16.4. The van der Waals surface area contributed by atoms with E-state index in [4.69, 9.17) is 11.6 Å². The van der Waals surface area contributed by atoms with E-state index in [-0.39, 0.29) is 4.90 Å². The van der Waals surface area contributed by atoms with Crippen molar-refractivity contribution in [2.75, 3.05) is 26.2 Å². The predicted octanol–water partition coefficient (Wildman–Crippen LogP) is 2.92. The topological polar surface area (TPSA) is 41.8 Å². The van der Waals surface area contributed by atoms with Gasteiger partial charge in [-0.3, -0.25) is 0 Å². The van der Waals surface area contributed by atoms with Gasteiger partial charge in [0.25, 0.3) is 0 Å². The molecule has 0 spiro atoms. The summed E-state index contributed by atoms with van der Waals surface area (Å²) in [5.74, 6) is 0. The van der Waals surface area contributed by atoms with Crippen LogP contribution in [0, 0.1) is 20.8 Å². The molecule has 0 unspecified atom stereocenters. The lowest BCUT2D eigenvalue weighted by Gasteiger charge is -2.35. The SMILES string of the molecule is Cc1ccc([C@@H](C)[NH+]2CCN(S(=O)(=O)c3ccc(C)c(Cl)c3)CC2)cc1C. The molecular formula is C21H28ClN2O2S+. The van der Waals surface area contributed by atoms with Gasteiger partial charge < -0.3 is 4.90 Å². The Morgan fingerprint density at radius 1 is 0.963 bits per heavy atom. The molecule has 146 valence electrons. The minimum absolute atomic E-state index is 0.281. The molecule has 6 heteroatoms. The zero-order valence-corrected chi connectivity index (χ0v) is 18.0. The van der Waals surface area contributed by atoms with Gasteiger partial charge in [-0.05, 0) is 62.6 Å². The van der Waals surface area contributed by atoms with Gasteiger partial charge in [0.2, 0.25) is 10.0 Å². The fraction of sp³-hybridized carbons (Fsp3) is 0.429. The molecule has 1 aliphatic heterocycles. The molecule has 2 aromatic rings. The van der Waals surface area contributed by atoms with E-state index < -0.39 is 10.0 Å². The molecule has 1 heterocycles. The van der Waals surface area contributed by atoms with Crippen molar-refractivity contribution < 1.29 is 13.3 Å². The summed E-state index contributed by atoms with van der Waals surface area (Å²) in [5.41, 5.74) is 4.80. The van der Waals surface area contributed by atoms with Crippen molar-refractivity contribution in [3.63, 3.8) is 0 Å². The molecule has 0 radical (unpaired) electrons. The molecule has 27 heavy (non-hydrogen) atoms. The van der Waals surface area contributed by atoms with Gasteiger partial charge in [0.15, 0.2) is 0 Å². The van der Waals surface area contributed by atoms with Gasteiger partial charge in [0.1, 0.15) is 6.04 Å². The number of halogens is 1. The molecule has 1 fully saturated rings. The summed E-state index contributed by atoms with van der Waals surface area (Å²) in [5, 5.41) is 0.490. The van der Waals surface area contributed by atoms with Crippen molar-refractivity contribution in [2.45, 2.75) is 38.6 Å². The van der Waals surface area contributed by atoms with Gasteiger partial charge in [0.05, 0.1) is 31.1 Å². The summed E-state index contributed by atoms with van der Waals surface area (Å²) in [7, 11) is -3.49. The Morgan fingerprint density at radius 3 is 2.19 bits per heavy atom. The second-order valence-electron chi connectivity index (χ2n) is 7.54. The quantitative estimate of drug-likeness (QED) is 0.846. The van der Waals surface area contributed by atoms with Crippen molar-refractivity contribution in [1.82, 2.24) is 4.31 Å². The Bertz CT molecular complexity index is 935. The number of piperazine rings is 1. The third kappa shape index (κ3) is 4.21. The van der Waals surface area contributed by atoms with Crippen LogP contribution in [0.25, 0.3) is 0 Å². The van der Waals surface area contributed by atoms with Crippen LogP contribution in [0.3, 0.4) is 0 Å². The maximum Gasteiger partial charge on any atom is 0.243 e. The second kappa shape index (κ2) is 7.92. The third-order valence-corrected chi connectivity index (χ3v) is 8.09. The molecule has 0 aromatic heterocycles. The van der Waals surface area contributed by atoms with Gasteiger partial charge >= 0.3 is 0 Å². The van der Waals surface area contributed by atoms with Crippen LogP contribution in [0.15, 0.2) is 41.3 Å². The Balaban J connectivity index is 1.70. The lowest BCUT2D eigenvalue weighted by molar-refractivity contribution is -0.933. The van der Waals surface area contributed by atoms with Crippen LogP contribution >= 0.6 is 11.6 Å². The van der Waals surface area contributed by atoms with Crippen LogP contribution < -0.4 is 4.90 Å². The second-order valence-corrected chi connectivity index (χ2v) is 9.88. The number of aryl methyl sites for hydroxylation is 3. The van der Waals surface area contributed by atoms with Gasteiger partial charge in [-0.15, -0.1) is 0 Å². The fourth-order valence-electron chi connectivity index (χ4n) is 3.60. The number of hydrogen-bond donors (Lipinski definition) is 1. The normalized spacial score (nSPS) is 17.8. The predicted molar refractivity (Wildman–Crippen MR) is 110 cm³/mol. The van der Waals surface area contributed by atoms with Crippen molar-refractivity contribution in [1.29, 1.82) is 0 Å². The third-order valence-electron chi connectivity index (χ3n) is 5.79. The molecule has 2 aromatic carbocycles. The highest BCUT2D eigenvalue weighted by Crippen LogP contribution is 2.23. The number of nitrogens with zero attached hydrogens (tertiary/aromatic N) is 1. The van der Waals surface area contributed by atoms with Crippen molar-refractivity contribution in [3.05, 3.63) is 63.7 Å². The van der Waals surface area contributed by atoms with Crippen molar-refractivity contribution in [3.8, 4) is 0 Å². The maximum absolute atomic E-state index is 12.9. The fourth-order valence-corrected chi connectivity index (χ4v) is 5.31. The van der Waals surface area contributed by atoms with E-state index in [2.05, 4.69) is 39.0 Å². The standard InChI is InChI=1S/C21H27ClN2O2S/c1-15-5-7-19(13-17(15)3)18(4)23-9-11-24(12-10-23)27(25,26)20-8-6-16(2)21(22)14-20/h5-8,13-14,18H,9-12H2,1-4H3/p+1/t18-/m1/s1. The first kappa shape index (κ1) is 20.3. The lowest BCUT2D eigenvalue weighted by atomic mass is 10.0. The van der Waals surface area contributed by atoms with Crippen LogP contribution in [-0.2, 0) is 10.0 Å². The van der Waals surface area contributed by atoms with E-state index in [0.29, 0.717) is 24.2 Å². The number of benzene rings is 2. The minimum Gasteiger partial charge on any atom is -0.327 e. The molecule has 3 rings (SSSR count). The van der Waals surface area contributed by atoms with E-state index in [0.717, 1.165) is 18.7 Å². The average molecular weight is 408 g/mol. The number of rotatable bonds is 4. The van der Waals surface area contributed by atoms with E-state index in [1.54, 1.807) is 22.5 Å². The molecule has 1 N–H and O–H groups in total. The average Bonchev–Trinajstić information content (AvgIpc) is 2.65. The summed E-state index contributed by atoms with van der Waals surface area (Å²) in [6.07, 6.45) is 0. The molecular weight excluding hydrogens is 380 g/mol. The lowest BCUT2D eigenvalue weighted by Crippen LogP contribution is -3.14. The van der Waals surface area contributed by atoms with Crippen molar-refractivity contribution in [2.24, 2.45) is 0 Å². The first-order valence-corrected chi connectivity index (χ1v) is 11.2. The number of quaternary nitrogens is 1. The molecule has 0 amide bonds. The Hall–Kier alpha value is -1.40. The van der Waals surface area contributed by atoms with E-state index in [9.17, 15) is 8.42 Å². The van der Waals surface area contributed by atoms with Gasteiger partial charge in [0, 0.05) is 10.6 Å². The van der Waals surface area contributed by atoms with E-state index in [1.807, 2.05) is 6.92 Å². The van der Waals surface area contributed by atoms with Crippen LogP contribution in [0.5, 0.6) is 0 Å². The van der Waals surface area contributed by atoms with Gasteiger partial charge in [-0.25, -0.2) is 8.42 Å². The van der Waals surface area contributed by atoms with Gasteiger partial charge in [-0.2, -0.15) is 4.31 Å². The Labute approximate surface area is 167 Å². The molecule has 0 saturated carbocycles. The van der Waals surface area contributed by atoms with Crippen LogP contribution in [0.2, 0.25) is 5.02 Å². The van der Waals surface area contributed by atoms with Crippen molar-refractivity contribution >= 4 is 21.6 Å². The van der Waals surface area contributed by atoms with E-state index in [1.165, 1.54) is 21.6 Å². The van der Waals surface area contributed by atoms with E-state index >= 15 is 0 Å². The van der Waals surface area contributed by atoms with Gasteiger partial charge in [-0.1, -0.05) is 29.8 Å². The molecule has 0 bridgehead atoms. The molecule has 1 saturated heterocycles. The minimum atomic E-state index is -3.49. The summed E-state index contributed by atoms with van der Waals surface area (Å²) >= 11 is 6.13. The summed E-state index contributed by atoms with van der Waals surface area (Å²) < 4.78 is 27.5. The monoisotopic (exact) mass is 407 g/mol. The largest absolute Gasteiger partial charge is 0.327 e. The zero-order chi connectivity index (χ0) is 19.8. The number of nitrogens with one attached hydrogen (secondary N) is 1. The molecule has 0 aliphatic carbocycles. The highest BCUT2D eigenvalue weighted by atomic mass is 35.5. The smallest absolute Gasteiger partial charge is 0.243 e. The Kier molecular flexibility index (Phi) is 5.96. The highest BCUT2D eigenvalue weighted by molar-refractivity contribution is 7.89. The molecule has 1 aliphatic rings.